The number of unbranched alkanes of at least 4 members (excludes halogenated alkanes) is 1. The third kappa shape index (κ3) is 5.31. The highest BCUT2D eigenvalue weighted by molar-refractivity contribution is 6.17. The summed E-state index contributed by atoms with van der Waals surface area (Å²) in [4.78, 5) is 39.5. The van der Waals surface area contributed by atoms with E-state index in [0.29, 0.717) is 19.5 Å². The molecule has 1 aliphatic heterocycles. The molecule has 4 amide bonds. The van der Waals surface area contributed by atoms with Gasteiger partial charge in [0, 0.05) is 25.3 Å². The SMILES string of the molecule is C=C(NNCCN(CC)CC)[C@@H]1C(=O)NC(=O)N(CCCC)C1=O. The highest BCUT2D eigenvalue weighted by Crippen LogP contribution is 2.16. The molecule has 0 unspecified atom stereocenters. The zero-order chi connectivity index (χ0) is 18.1. The second-order valence-electron chi connectivity index (χ2n) is 5.67. The number of amides is 4. The number of urea groups is 1. The second kappa shape index (κ2) is 10.0. The molecule has 1 saturated heterocycles. The predicted octanol–water partition coefficient (Wildman–Crippen LogP) is 0.431. The number of imide groups is 2. The number of rotatable bonds is 11. The van der Waals surface area contributed by atoms with Crippen LogP contribution in [0.5, 0.6) is 0 Å². The van der Waals surface area contributed by atoms with Gasteiger partial charge in [0.2, 0.25) is 11.8 Å². The van der Waals surface area contributed by atoms with E-state index in [4.69, 9.17) is 0 Å². The Bertz CT molecular complexity index is 476. The van der Waals surface area contributed by atoms with Gasteiger partial charge in [0.15, 0.2) is 5.92 Å². The van der Waals surface area contributed by atoms with E-state index in [1.54, 1.807) is 0 Å². The van der Waals surface area contributed by atoms with Crippen LogP contribution < -0.4 is 16.2 Å². The van der Waals surface area contributed by atoms with E-state index in [1.807, 2.05) is 6.92 Å². The van der Waals surface area contributed by atoms with Crippen LogP contribution in [0.2, 0.25) is 0 Å². The number of carbonyl (C=O) groups excluding carboxylic acids is 3. The van der Waals surface area contributed by atoms with Crippen LogP contribution in [0.4, 0.5) is 4.79 Å². The number of hydrogen-bond acceptors (Lipinski definition) is 6. The molecule has 1 rings (SSSR count). The number of nitrogens with one attached hydrogen (secondary N) is 3. The molecule has 0 aromatic rings. The molecule has 0 aliphatic carbocycles. The Kier molecular flexibility index (Phi) is 8.42. The third-order valence-electron chi connectivity index (χ3n) is 4.03. The lowest BCUT2D eigenvalue weighted by atomic mass is 10.0. The highest BCUT2D eigenvalue weighted by Gasteiger charge is 2.41. The summed E-state index contributed by atoms with van der Waals surface area (Å²) in [6.07, 6.45) is 1.55. The normalized spacial score (nSPS) is 18.1. The molecule has 136 valence electrons. The fourth-order valence-corrected chi connectivity index (χ4v) is 2.45. The fourth-order valence-electron chi connectivity index (χ4n) is 2.45. The standard InChI is InChI=1S/C16H29N5O3/c1-5-8-10-21-15(23)13(14(22)18-16(21)24)12(4)19-17-9-11-20(6-2)7-3/h13,17,19H,4-11H2,1-3H3,(H,18,22,24)/t13-/m1/s1. The number of hydrazine groups is 1. The molecule has 0 bridgehead atoms. The quantitative estimate of drug-likeness (QED) is 0.287. The van der Waals surface area contributed by atoms with E-state index in [0.717, 1.165) is 31.0 Å². The molecule has 24 heavy (non-hydrogen) atoms. The van der Waals surface area contributed by atoms with Gasteiger partial charge in [0.1, 0.15) is 0 Å². The first-order chi connectivity index (χ1) is 11.5. The molecule has 1 atom stereocenters. The van der Waals surface area contributed by atoms with E-state index < -0.39 is 23.8 Å². The molecule has 0 radical (unpaired) electrons. The van der Waals surface area contributed by atoms with Gasteiger partial charge in [-0.25, -0.2) is 10.2 Å². The maximum absolute atomic E-state index is 12.4. The summed E-state index contributed by atoms with van der Waals surface area (Å²) in [5, 5.41) is 2.22. The van der Waals surface area contributed by atoms with Gasteiger partial charge in [-0.05, 0) is 19.5 Å². The van der Waals surface area contributed by atoms with Crippen molar-refractivity contribution in [3.63, 3.8) is 0 Å². The van der Waals surface area contributed by atoms with Crippen molar-refractivity contribution in [2.75, 3.05) is 32.7 Å². The van der Waals surface area contributed by atoms with E-state index in [9.17, 15) is 14.4 Å². The number of likely N-dealkylation sites (N-methyl/N-ethyl adjacent to an activating group) is 1. The molecule has 0 aromatic heterocycles. The van der Waals surface area contributed by atoms with Gasteiger partial charge in [-0.1, -0.05) is 33.8 Å². The number of nitrogens with zero attached hydrogens (tertiary/aromatic N) is 2. The lowest BCUT2D eigenvalue weighted by molar-refractivity contribution is -0.141. The molecular formula is C16H29N5O3. The van der Waals surface area contributed by atoms with Crippen LogP contribution >= 0.6 is 0 Å². The van der Waals surface area contributed by atoms with E-state index in [1.165, 1.54) is 0 Å². The molecule has 0 aromatic carbocycles. The van der Waals surface area contributed by atoms with Gasteiger partial charge in [0.05, 0.1) is 0 Å². The zero-order valence-electron chi connectivity index (χ0n) is 14.9. The van der Waals surface area contributed by atoms with Crippen molar-refractivity contribution < 1.29 is 14.4 Å². The largest absolute Gasteiger partial charge is 0.330 e. The van der Waals surface area contributed by atoms with Crippen molar-refractivity contribution >= 4 is 17.8 Å². The average molecular weight is 339 g/mol. The third-order valence-corrected chi connectivity index (χ3v) is 4.03. The molecule has 8 nitrogen and oxygen atoms in total. The van der Waals surface area contributed by atoms with Crippen LogP contribution in [0.15, 0.2) is 12.3 Å². The van der Waals surface area contributed by atoms with Crippen LogP contribution in [0.1, 0.15) is 33.6 Å². The first kappa shape index (κ1) is 20.1. The molecule has 0 saturated carbocycles. The first-order valence-electron chi connectivity index (χ1n) is 8.52. The molecule has 1 fully saturated rings. The summed E-state index contributed by atoms with van der Waals surface area (Å²) in [5.41, 5.74) is 6.02. The zero-order valence-corrected chi connectivity index (χ0v) is 14.9. The van der Waals surface area contributed by atoms with Crippen molar-refractivity contribution in [3.8, 4) is 0 Å². The van der Waals surface area contributed by atoms with Crippen molar-refractivity contribution in [1.29, 1.82) is 0 Å². The van der Waals surface area contributed by atoms with Crippen LogP contribution in [-0.4, -0.2) is 60.4 Å². The average Bonchev–Trinajstić information content (AvgIpc) is 2.54. The van der Waals surface area contributed by atoms with Gasteiger partial charge in [-0.3, -0.25) is 19.8 Å². The smallest absolute Gasteiger partial charge is 0.325 e. The molecule has 1 aliphatic rings. The van der Waals surface area contributed by atoms with Crippen LogP contribution in [0, 0.1) is 5.92 Å². The Morgan fingerprint density at radius 1 is 1.25 bits per heavy atom. The molecule has 1 heterocycles. The van der Waals surface area contributed by atoms with Crippen molar-refractivity contribution in [2.45, 2.75) is 33.6 Å². The summed E-state index contributed by atoms with van der Waals surface area (Å²) in [6, 6.07) is -0.656. The Morgan fingerprint density at radius 3 is 2.50 bits per heavy atom. The highest BCUT2D eigenvalue weighted by atomic mass is 16.2. The number of carbonyl (C=O) groups is 3. The van der Waals surface area contributed by atoms with Crippen LogP contribution in [0.3, 0.4) is 0 Å². The Balaban J connectivity index is 2.56. The fraction of sp³-hybridized carbons (Fsp3) is 0.688. The molecule has 8 heteroatoms. The number of hydrogen-bond donors (Lipinski definition) is 3. The Hall–Kier alpha value is -1.93. The van der Waals surface area contributed by atoms with E-state index in [2.05, 4.69) is 41.5 Å². The summed E-state index contributed by atoms with van der Waals surface area (Å²) in [7, 11) is 0. The monoisotopic (exact) mass is 339 g/mol. The molecule has 0 spiro atoms. The van der Waals surface area contributed by atoms with Crippen LogP contribution in [0.25, 0.3) is 0 Å². The van der Waals surface area contributed by atoms with Crippen LogP contribution in [-0.2, 0) is 9.59 Å². The van der Waals surface area contributed by atoms with Crippen molar-refractivity contribution in [1.82, 2.24) is 26.0 Å². The Morgan fingerprint density at radius 2 is 1.92 bits per heavy atom. The topological polar surface area (TPSA) is 93.8 Å². The van der Waals surface area contributed by atoms with Gasteiger partial charge >= 0.3 is 6.03 Å². The number of barbiturate groups is 1. The summed E-state index contributed by atoms with van der Waals surface area (Å²) in [6.45, 7) is 13.6. The first-order valence-corrected chi connectivity index (χ1v) is 8.52. The van der Waals surface area contributed by atoms with E-state index >= 15 is 0 Å². The minimum Gasteiger partial charge on any atom is -0.325 e. The predicted molar refractivity (Wildman–Crippen MR) is 91.7 cm³/mol. The van der Waals surface area contributed by atoms with Crippen molar-refractivity contribution in [3.05, 3.63) is 12.3 Å². The summed E-state index contributed by atoms with van der Waals surface area (Å²) < 4.78 is 0. The maximum Gasteiger partial charge on any atom is 0.330 e. The lowest BCUT2D eigenvalue weighted by Crippen LogP contribution is -2.59. The van der Waals surface area contributed by atoms with Gasteiger partial charge < -0.3 is 10.3 Å². The van der Waals surface area contributed by atoms with Gasteiger partial charge in [-0.15, -0.1) is 0 Å². The summed E-state index contributed by atoms with van der Waals surface area (Å²) >= 11 is 0. The molecular weight excluding hydrogens is 310 g/mol. The second-order valence-corrected chi connectivity index (χ2v) is 5.67. The van der Waals surface area contributed by atoms with Gasteiger partial charge in [0.25, 0.3) is 0 Å². The van der Waals surface area contributed by atoms with Gasteiger partial charge in [-0.2, -0.15) is 0 Å². The molecule has 3 N–H and O–H groups in total. The minimum atomic E-state index is -1.10. The van der Waals surface area contributed by atoms with Crippen molar-refractivity contribution in [2.24, 2.45) is 5.92 Å². The lowest BCUT2D eigenvalue weighted by Gasteiger charge is -2.31. The maximum atomic E-state index is 12.4. The Labute approximate surface area is 143 Å². The minimum absolute atomic E-state index is 0.242. The summed E-state index contributed by atoms with van der Waals surface area (Å²) in [5.74, 6) is -2.26. The van der Waals surface area contributed by atoms with E-state index in [-0.39, 0.29) is 5.70 Å².